The second kappa shape index (κ2) is 5.14. The van der Waals surface area contributed by atoms with E-state index in [2.05, 4.69) is 15.3 Å². The van der Waals surface area contributed by atoms with Gasteiger partial charge in [0, 0.05) is 10.6 Å². The van der Waals surface area contributed by atoms with Crippen molar-refractivity contribution < 1.29 is 9.90 Å². The number of hydrogen-bond donors (Lipinski definition) is 2. The van der Waals surface area contributed by atoms with Crippen molar-refractivity contribution in [2.24, 2.45) is 0 Å². The van der Waals surface area contributed by atoms with Crippen LogP contribution >= 0.6 is 11.3 Å². The summed E-state index contributed by atoms with van der Waals surface area (Å²) in [6, 6.07) is 5.48. The summed E-state index contributed by atoms with van der Waals surface area (Å²) in [5, 5.41) is 14.0. The number of carboxylic acids is 1. The molecule has 2 aromatic rings. The number of aromatic carboxylic acids is 1. The van der Waals surface area contributed by atoms with Crippen LogP contribution in [0.3, 0.4) is 0 Å². The van der Waals surface area contributed by atoms with Gasteiger partial charge in [-0.1, -0.05) is 6.07 Å². The average Bonchev–Trinajstić information content (AvgIpc) is 2.81. The highest BCUT2D eigenvalue weighted by Crippen LogP contribution is 2.21. The number of aryl methyl sites for hydroxylation is 1. The largest absolute Gasteiger partial charge is 0.477 e. The van der Waals surface area contributed by atoms with E-state index in [1.54, 1.807) is 18.3 Å². The first-order valence-electron chi connectivity index (χ1n) is 5.45. The van der Waals surface area contributed by atoms with Gasteiger partial charge >= 0.3 is 5.97 Å². The molecule has 6 heteroatoms. The molecule has 0 aliphatic rings. The van der Waals surface area contributed by atoms with E-state index in [-0.39, 0.29) is 11.7 Å². The zero-order valence-corrected chi connectivity index (χ0v) is 10.9. The second-order valence-electron chi connectivity index (χ2n) is 3.90. The summed E-state index contributed by atoms with van der Waals surface area (Å²) in [7, 11) is 0. The molecule has 2 aromatic heterocycles. The first-order valence-corrected chi connectivity index (χ1v) is 6.33. The Morgan fingerprint density at radius 2 is 2.28 bits per heavy atom. The van der Waals surface area contributed by atoms with E-state index in [1.165, 1.54) is 6.07 Å². The Kier molecular flexibility index (Phi) is 3.57. The van der Waals surface area contributed by atoms with Gasteiger partial charge in [0.05, 0.1) is 6.04 Å². The number of nitrogens with one attached hydrogen (secondary N) is 1. The number of thiophene rings is 1. The molecule has 0 saturated carbocycles. The molecule has 0 spiro atoms. The summed E-state index contributed by atoms with van der Waals surface area (Å²) < 4.78 is 0. The van der Waals surface area contributed by atoms with E-state index >= 15 is 0 Å². The van der Waals surface area contributed by atoms with Gasteiger partial charge in [0.15, 0.2) is 5.69 Å². The maximum atomic E-state index is 10.9. The van der Waals surface area contributed by atoms with Crippen LogP contribution in [0.1, 0.15) is 34.0 Å². The van der Waals surface area contributed by atoms with E-state index < -0.39 is 5.97 Å². The summed E-state index contributed by atoms with van der Waals surface area (Å²) in [6.07, 6.45) is 0. The summed E-state index contributed by atoms with van der Waals surface area (Å²) in [4.78, 5) is 20.2. The SMILES string of the molecule is Cc1cc(C(=O)O)nc(NC(C)c2cccs2)n1. The van der Waals surface area contributed by atoms with Crippen molar-refractivity contribution in [1.82, 2.24) is 9.97 Å². The van der Waals surface area contributed by atoms with Gasteiger partial charge < -0.3 is 10.4 Å². The molecule has 2 heterocycles. The van der Waals surface area contributed by atoms with Crippen molar-refractivity contribution in [3.63, 3.8) is 0 Å². The van der Waals surface area contributed by atoms with Crippen LogP contribution in [0.15, 0.2) is 23.6 Å². The normalized spacial score (nSPS) is 12.1. The van der Waals surface area contributed by atoms with Crippen LogP contribution in [0, 0.1) is 6.92 Å². The molecular formula is C12H13N3O2S. The number of aromatic nitrogens is 2. The summed E-state index contributed by atoms with van der Waals surface area (Å²) in [6.45, 7) is 3.73. The number of carbonyl (C=O) groups is 1. The Morgan fingerprint density at radius 3 is 2.89 bits per heavy atom. The Labute approximate surface area is 109 Å². The Balaban J connectivity index is 2.21. The van der Waals surface area contributed by atoms with Gasteiger partial charge in [0.1, 0.15) is 0 Å². The van der Waals surface area contributed by atoms with Crippen LogP contribution in [0.5, 0.6) is 0 Å². The molecule has 1 atom stereocenters. The maximum Gasteiger partial charge on any atom is 0.354 e. The van der Waals surface area contributed by atoms with Crippen LogP contribution in [0.4, 0.5) is 5.95 Å². The van der Waals surface area contributed by atoms with Crippen molar-refractivity contribution in [3.05, 3.63) is 39.8 Å². The van der Waals surface area contributed by atoms with Gasteiger partial charge in [-0.05, 0) is 31.4 Å². The molecular weight excluding hydrogens is 250 g/mol. The Hall–Kier alpha value is -1.95. The van der Waals surface area contributed by atoms with Gasteiger partial charge in [0.2, 0.25) is 5.95 Å². The maximum absolute atomic E-state index is 10.9. The minimum Gasteiger partial charge on any atom is -0.477 e. The van der Waals surface area contributed by atoms with Crippen molar-refractivity contribution in [3.8, 4) is 0 Å². The van der Waals surface area contributed by atoms with E-state index in [0.29, 0.717) is 11.6 Å². The fourth-order valence-corrected chi connectivity index (χ4v) is 2.28. The number of hydrogen-bond acceptors (Lipinski definition) is 5. The number of rotatable bonds is 4. The highest BCUT2D eigenvalue weighted by atomic mass is 32.1. The minimum atomic E-state index is -1.05. The van der Waals surface area contributed by atoms with Gasteiger partial charge in [0.25, 0.3) is 0 Å². The van der Waals surface area contributed by atoms with E-state index in [9.17, 15) is 4.79 Å². The van der Waals surface area contributed by atoms with Gasteiger partial charge in [-0.3, -0.25) is 0 Å². The summed E-state index contributed by atoms with van der Waals surface area (Å²) >= 11 is 1.63. The third kappa shape index (κ3) is 2.84. The quantitative estimate of drug-likeness (QED) is 0.887. The van der Waals surface area contributed by atoms with Crippen LogP contribution in [-0.2, 0) is 0 Å². The lowest BCUT2D eigenvalue weighted by Crippen LogP contribution is -2.11. The van der Waals surface area contributed by atoms with Crippen molar-refractivity contribution in [2.45, 2.75) is 19.9 Å². The molecule has 0 fully saturated rings. The molecule has 94 valence electrons. The van der Waals surface area contributed by atoms with Crippen LogP contribution in [-0.4, -0.2) is 21.0 Å². The standard InChI is InChI=1S/C12H13N3O2S/c1-7-6-9(11(16)17)15-12(13-7)14-8(2)10-4-3-5-18-10/h3-6,8H,1-2H3,(H,16,17)(H,13,14,15). The van der Waals surface area contributed by atoms with Gasteiger partial charge in [-0.25, -0.2) is 14.8 Å². The molecule has 0 aromatic carbocycles. The van der Waals surface area contributed by atoms with Crippen LogP contribution in [0.25, 0.3) is 0 Å². The van der Waals surface area contributed by atoms with E-state index in [4.69, 9.17) is 5.11 Å². The van der Waals surface area contributed by atoms with Crippen molar-refractivity contribution >= 4 is 23.3 Å². The van der Waals surface area contributed by atoms with Crippen molar-refractivity contribution in [1.29, 1.82) is 0 Å². The van der Waals surface area contributed by atoms with Crippen molar-refractivity contribution in [2.75, 3.05) is 5.32 Å². The molecule has 5 nitrogen and oxygen atoms in total. The average molecular weight is 263 g/mol. The topological polar surface area (TPSA) is 75.1 Å². The molecule has 0 aliphatic carbocycles. The van der Waals surface area contributed by atoms with Crippen LogP contribution in [0.2, 0.25) is 0 Å². The first-order chi connectivity index (χ1) is 8.56. The fourth-order valence-electron chi connectivity index (χ4n) is 1.55. The molecule has 1 unspecified atom stereocenters. The van der Waals surface area contributed by atoms with E-state index in [0.717, 1.165) is 4.88 Å². The zero-order valence-electron chi connectivity index (χ0n) is 10.0. The van der Waals surface area contributed by atoms with E-state index in [1.807, 2.05) is 24.4 Å². The predicted octanol–water partition coefficient (Wildman–Crippen LogP) is 2.72. The molecule has 0 saturated heterocycles. The summed E-state index contributed by atoms with van der Waals surface area (Å²) in [5.74, 6) is -0.708. The molecule has 2 rings (SSSR count). The number of anilines is 1. The monoisotopic (exact) mass is 263 g/mol. The molecule has 0 amide bonds. The third-order valence-electron chi connectivity index (χ3n) is 2.39. The number of carboxylic acid groups (broad SMARTS) is 1. The smallest absolute Gasteiger partial charge is 0.354 e. The second-order valence-corrected chi connectivity index (χ2v) is 4.88. The molecule has 0 bridgehead atoms. The summed E-state index contributed by atoms with van der Waals surface area (Å²) in [5.41, 5.74) is 0.631. The lowest BCUT2D eigenvalue weighted by Gasteiger charge is -2.12. The third-order valence-corrected chi connectivity index (χ3v) is 3.44. The molecule has 0 aliphatic heterocycles. The van der Waals surface area contributed by atoms with Gasteiger partial charge in [-0.15, -0.1) is 11.3 Å². The predicted molar refractivity (Wildman–Crippen MR) is 70.1 cm³/mol. The minimum absolute atomic E-state index is 0.00313. The Morgan fingerprint density at radius 1 is 1.50 bits per heavy atom. The van der Waals surface area contributed by atoms with Gasteiger partial charge in [-0.2, -0.15) is 0 Å². The molecule has 0 radical (unpaired) electrons. The van der Waals surface area contributed by atoms with Crippen LogP contribution < -0.4 is 5.32 Å². The number of nitrogens with zero attached hydrogens (tertiary/aromatic N) is 2. The zero-order chi connectivity index (χ0) is 13.1. The fraction of sp³-hybridized carbons (Fsp3) is 0.250. The molecule has 18 heavy (non-hydrogen) atoms. The lowest BCUT2D eigenvalue weighted by atomic mass is 10.3. The molecule has 2 N–H and O–H groups in total. The first kappa shape index (κ1) is 12.5. The lowest BCUT2D eigenvalue weighted by molar-refractivity contribution is 0.0690. The highest BCUT2D eigenvalue weighted by molar-refractivity contribution is 7.10. The Bertz CT molecular complexity index is 554. The highest BCUT2D eigenvalue weighted by Gasteiger charge is 2.12.